The highest BCUT2D eigenvalue weighted by Crippen LogP contribution is 2.41. The number of pyridine rings is 2. The summed E-state index contributed by atoms with van der Waals surface area (Å²) in [6.07, 6.45) is 10.9. The summed E-state index contributed by atoms with van der Waals surface area (Å²) in [5.74, 6) is 1.06. The van der Waals surface area contributed by atoms with Crippen molar-refractivity contribution in [3.8, 4) is 0 Å². The smallest absolute Gasteiger partial charge is 0.327 e. The number of carbonyl (C=O) groups is 1. The van der Waals surface area contributed by atoms with E-state index in [1.54, 1.807) is 27.9 Å². The summed E-state index contributed by atoms with van der Waals surface area (Å²) in [6.45, 7) is 9.13. The predicted octanol–water partition coefficient (Wildman–Crippen LogP) is 4.48. The van der Waals surface area contributed by atoms with E-state index in [0.29, 0.717) is 24.1 Å². The Morgan fingerprint density at radius 1 is 1.31 bits per heavy atom. The van der Waals surface area contributed by atoms with Crippen molar-refractivity contribution in [2.45, 2.75) is 39.2 Å². The lowest BCUT2D eigenvalue weighted by atomic mass is 10.1. The maximum atomic E-state index is 14.7. The van der Waals surface area contributed by atoms with Crippen molar-refractivity contribution in [2.24, 2.45) is 5.92 Å². The molecule has 8 nitrogen and oxygen atoms in total. The Bertz CT molecular complexity index is 1330. The fourth-order valence-electron chi connectivity index (χ4n) is 5.82. The maximum absolute atomic E-state index is 14.7. The molecule has 2 fully saturated rings. The SMILES string of the molecule is CS[N+]1(CC2CC2)CCN(c2ccnc3c2CCN3C(=O)Nc2cn3cc(C)nc3cc2F)C[C@@H]1C. The van der Waals surface area contributed by atoms with Crippen LogP contribution >= 0.6 is 11.9 Å². The van der Waals surface area contributed by atoms with Gasteiger partial charge >= 0.3 is 6.03 Å². The number of anilines is 3. The van der Waals surface area contributed by atoms with Gasteiger partial charge in [0, 0.05) is 54.6 Å². The van der Waals surface area contributed by atoms with Crippen LogP contribution in [0.5, 0.6) is 0 Å². The summed E-state index contributed by atoms with van der Waals surface area (Å²) in [5.41, 5.74) is 3.71. The van der Waals surface area contributed by atoms with Crippen LogP contribution in [0.3, 0.4) is 0 Å². The number of halogens is 1. The number of rotatable bonds is 5. The normalized spacial score (nSPS) is 23.8. The Labute approximate surface area is 215 Å². The van der Waals surface area contributed by atoms with Crippen LogP contribution < -0.4 is 15.1 Å². The van der Waals surface area contributed by atoms with E-state index in [1.165, 1.54) is 31.1 Å². The molecule has 2 aliphatic heterocycles. The number of fused-ring (bicyclic) bond motifs is 2. The van der Waals surface area contributed by atoms with Crippen LogP contribution in [0.4, 0.5) is 26.4 Å². The molecule has 0 aromatic carbocycles. The molecular formula is C26H33FN7OS+. The second-order valence-corrected chi connectivity index (χ2v) is 11.5. The highest BCUT2D eigenvalue weighted by Gasteiger charge is 2.44. The van der Waals surface area contributed by atoms with E-state index in [2.05, 4.69) is 39.4 Å². The van der Waals surface area contributed by atoms with E-state index >= 15 is 0 Å². The van der Waals surface area contributed by atoms with Crippen LogP contribution in [0.2, 0.25) is 0 Å². The van der Waals surface area contributed by atoms with E-state index < -0.39 is 5.82 Å². The second-order valence-electron chi connectivity index (χ2n) is 10.4. The number of urea groups is 1. The van der Waals surface area contributed by atoms with Gasteiger partial charge in [0.05, 0.1) is 43.0 Å². The third-order valence-corrected chi connectivity index (χ3v) is 9.42. The van der Waals surface area contributed by atoms with Gasteiger partial charge in [0.15, 0.2) is 5.82 Å². The third kappa shape index (κ3) is 4.10. The number of carbonyl (C=O) groups excluding carboxylic acids is 1. The van der Waals surface area contributed by atoms with Gasteiger partial charge in [-0.3, -0.25) is 8.79 Å². The third-order valence-electron chi connectivity index (χ3n) is 8.00. The van der Waals surface area contributed by atoms with Gasteiger partial charge in [0.2, 0.25) is 0 Å². The molecule has 36 heavy (non-hydrogen) atoms. The number of nitrogens with zero attached hydrogens (tertiary/aromatic N) is 6. The van der Waals surface area contributed by atoms with Crippen molar-refractivity contribution >= 4 is 40.8 Å². The van der Waals surface area contributed by atoms with Gasteiger partial charge in [0.1, 0.15) is 24.1 Å². The molecule has 3 aliphatic rings. The van der Waals surface area contributed by atoms with Crippen molar-refractivity contribution in [2.75, 3.05) is 54.1 Å². The molecule has 2 atom stereocenters. The summed E-state index contributed by atoms with van der Waals surface area (Å²) in [5, 5.41) is 2.75. The molecule has 1 saturated carbocycles. The summed E-state index contributed by atoms with van der Waals surface area (Å²) >= 11 is 2.00. The Balaban J connectivity index is 1.20. The number of amides is 2. The number of aromatic nitrogens is 3. The molecule has 190 valence electrons. The van der Waals surface area contributed by atoms with E-state index in [-0.39, 0.29) is 11.7 Å². The zero-order valence-electron chi connectivity index (χ0n) is 21.1. The van der Waals surface area contributed by atoms with Gasteiger partial charge in [-0.25, -0.2) is 19.2 Å². The molecule has 6 rings (SSSR count). The molecule has 5 heterocycles. The predicted molar refractivity (Wildman–Crippen MR) is 142 cm³/mol. The van der Waals surface area contributed by atoms with E-state index in [0.717, 1.165) is 47.1 Å². The number of nitrogens with one attached hydrogen (secondary N) is 1. The number of piperazine rings is 1. The Morgan fingerprint density at radius 3 is 2.89 bits per heavy atom. The minimum Gasteiger partial charge on any atom is -0.359 e. The summed E-state index contributed by atoms with van der Waals surface area (Å²) < 4.78 is 17.5. The highest BCUT2D eigenvalue weighted by molar-refractivity contribution is 7.93. The van der Waals surface area contributed by atoms with Gasteiger partial charge < -0.3 is 14.6 Å². The van der Waals surface area contributed by atoms with Crippen LogP contribution in [-0.2, 0) is 6.42 Å². The number of hydrogen-bond donors (Lipinski definition) is 1. The van der Waals surface area contributed by atoms with Gasteiger partial charge in [-0.1, -0.05) is 0 Å². The maximum Gasteiger partial charge on any atom is 0.327 e. The van der Waals surface area contributed by atoms with E-state index in [4.69, 9.17) is 0 Å². The summed E-state index contributed by atoms with van der Waals surface area (Å²) in [4.78, 5) is 26.2. The van der Waals surface area contributed by atoms with Crippen molar-refractivity contribution < 1.29 is 13.1 Å². The molecule has 10 heteroatoms. The van der Waals surface area contributed by atoms with Gasteiger partial charge in [0.25, 0.3) is 0 Å². The van der Waals surface area contributed by atoms with E-state index in [9.17, 15) is 9.18 Å². The monoisotopic (exact) mass is 510 g/mol. The Hall–Kier alpha value is -2.85. The highest BCUT2D eigenvalue weighted by atomic mass is 32.2. The second kappa shape index (κ2) is 8.92. The molecule has 1 saturated heterocycles. The zero-order valence-corrected chi connectivity index (χ0v) is 21.9. The fraction of sp³-hybridized carbons (Fsp3) is 0.500. The molecule has 1 aliphatic carbocycles. The number of quaternary nitrogens is 1. The van der Waals surface area contributed by atoms with Crippen LogP contribution in [0.1, 0.15) is 31.0 Å². The fourth-order valence-corrected chi connectivity index (χ4v) is 6.87. The topological polar surface area (TPSA) is 65.8 Å². The summed E-state index contributed by atoms with van der Waals surface area (Å²) in [6, 6.07) is 3.58. The Kier molecular flexibility index (Phi) is 5.83. The molecule has 0 radical (unpaired) electrons. The first-order valence-corrected chi connectivity index (χ1v) is 13.9. The number of aryl methyl sites for hydroxylation is 1. The van der Waals surface area contributed by atoms with Crippen LogP contribution in [0.15, 0.2) is 30.7 Å². The van der Waals surface area contributed by atoms with Crippen molar-refractivity contribution in [3.05, 3.63) is 47.8 Å². The van der Waals surface area contributed by atoms with Gasteiger partial charge in [-0.2, -0.15) is 0 Å². The molecule has 3 aromatic rings. The minimum absolute atomic E-state index is 0.126. The Morgan fingerprint density at radius 2 is 2.14 bits per heavy atom. The molecule has 0 bridgehead atoms. The average molecular weight is 511 g/mol. The first-order valence-electron chi connectivity index (χ1n) is 12.8. The van der Waals surface area contributed by atoms with Gasteiger partial charge in [-0.15, -0.1) is 0 Å². The quantitative estimate of drug-likeness (QED) is 0.405. The molecular weight excluding hydrogens is 477 g/mol. The molecule has 0 spiro atoms. The lowest BCUT2D eigenvalue weighted by molar-refractivity contribution is -0.823. The zero-order chi connectivity index (χ0) is 25.0. The van der Waals surface area contributed by atoms with E-state index in [1.807, 2.05) is 18.9 Å². The molecule has 3 aromatic heterocycles. The van der Waals surface area contributed by atoms with Crippen molar-refractivity contribution in [1.29, 1.82) is 0 Å². The number of imidazole rings is 1. The van der Waals surface area contributed by atoms with Crippen LogP contribution in [0, 0.1) is 18.7 Å². The first-order chi connectivity index (χ1) is 17.4. The van der Waals surface area contributed by atoms with Crippen LogP contribution in [0.25, 0.3) is 5.65 Å². The standard InChI is InChI=1S/C26H32FN7OS/c1-17-13-32-15-22(21(27)12-24(32)29-17)30-26(35)33-9-7-20-23(6-8-28-25(20)33)31-10-11-34(36-3,18(2)14-31)16-19-4-5-19/h6,8,12-13,15,18-19H,4-5,7,9-11,14,16H2,1-3H3/p+1/t18-,34?/m0/s1. The molecule has 1 unspecified atom stereocenters. The largest absolute Gasteiger partial charge is 0.359 e. The summed E-state index contributed by atoms with van der Waals surface area (Å²) in [7, 11) is 0. The van der Waals surface area contributed by atoms with Crippen molar-refractivity contribution in [3.63, 3.8) is 0 Å². The van der Waals surface area contributed by atoms with Gasteiger partial charge in [-0.05, 0) is 39.2 Å². The molecule has 1 N–H and O–H groups in total. The van der Waals surface area contributed by atoms with Crippen LogP contribution in [-0.4, -0.2) is 69.3 Å². The average Bonchev–Trinajstić information content (AvgIpc) is 3.44. The first kappa shape index (κ1) is 23.5. The molecule has 2 amide bonds. The lowest BCUT2D eigenvalue weighted by Crippen LogP contribution is -2.61. The number of hydrogen-bond acceptors (Lipinski definition) is 5. The minimum atomic E-state index is -0.508. The van der Waals surface area contributed by atoms with Crippen molar-refractivity contribution in [1.82, 2.24) is 14.4 Å². The lowest BCUT2D eigenvalue weighted by Gasteiger charge is -2.48.